The van der Waals surface area contributed by atoms with Gasteiger partial charge in [0, 0.05) is 7.05 Å². The molecule has 0 fully saturated rings. The molecule has 2 rings (SSSR count). The highest BCUT2D eigenvalue weighted by Gasteiger charge is 2.02. The van der Waals surface area contributed by atoms with Gasteiger partial charge in [-0.3, -0.25) is 0 Å². The van der Waals surface area contributed by atoms with Crippen LogP contribution in [0.25, 0.3) is 10.2 Å². The Morgan fingerprint density at radius 3 is 3.00 bits per heavy atom. The highest BCUT2D eigenvalue weighted by molar-refractivity contribution is 7.19. The van der Waals surface area contributed by atoms with Crippen molar-refractivity contribution in [3.05, 3.63) is 23.2 Å². The van der Waals surface area contributed by atoms with Crippen LogP contribution in [0.15, 0.2) is 18.2 Å². The van der Waals surface area contributed by atoms with Crippen molar-refractivity contribution in [1.82, 2.24) is 4.98 Å². The first-order valence-electron chi connectivity index (χ1n) is 3.85. The van der Waals surface area contributed by atoms with E-state index in [0.29, 0.717) is 0 Å². The monoisotopic (exact) mass is 178 g/mol. The summed E-state index contributed by atoms with van der Waals surface area (Å²) in [7, 11) is 1.93. The second-order valence-electron chi connectivity index (χ2n) is 2.64. The summed E-state index contributed by atoms with van der Waals surface area (Å²) in [6.07, 6.45) is 0. The third-order valence-electron chi connectivity index (χ3n) is 1.79. The Hall–Kier alpha value is -1.09. The van der Waals surface area contributed by atoms with Gasteiger partial charge in [-0.15, -0.1) is 11.3 Å². The molecule has 0 saturated carbocycles. The van der Waals surface area contributed by atoms with Crippen LogP contribution in [0.3, 0.4) is 0 Å². The summed E-state index contributed by atoms with van der Waals surface area (Å²) in [5.41, 5.74) is 2.25. The van der Waals surface area contributed by atoms with E-state index in [1.807, 2.05) is 26.1 Å². The van der Waals surface area contributed by atoms with E-state index in [2.05, 4.69) is 16.4 Å². The van der Waals surface area contributed by atoms with Gasteiger partial charge in [0.25, 0.3) is 0 Å². The maximum Gasteiger partial charge on any atom is 0.0908 e. The standard InChI is InChI=1S/C9H10N2S/c1-6-11-8-5-3-4-7(10-2)9(8)12-6/h3-5,10H,1-2H3. The molecule has 2 nitrogen and oxygen atoms in total. The molecule has 0 aliphatic rings. The van der Waals surface area contributed by atoms with Crippen LogP contribution in [0.1, 0.15) is 5.01 Å². The summed E-state index contributed by atoms with van der Waals surface area (Å²) in [4.78, 5) is 4.40. The van der Waals surface area contributed by atoms with Crippen molar-refractivity contribution in [2.45, 2.75) is 6.92 Å². The summed E-state index contributed by atoms with van der Waals surface area (Å²) in [6.45, 7) is 2.03. The molecule has 1 aromatic carbocycles. The minimum absolute atomic E-state index is 1.09. The zero-order valence-electron chi connectivity index (χ0n) is 7.09. The average Bonchev–Trinajstić information content (AvgIpc) is 2.44. The number of thiazole rings is 1. The van der Waals surface area contributed by atoms with E-state index < -0.39 is 0 Å². The van der Waals surface area contributed by atoms with Crippen LogP contribution in [-0.4, -0.2) is 12.0 Å². The summed E-state index contributed by atoms with van der Waals surface area (Å²) < 4.78 is 1.25. The first kappa shape index (κ1) is 7.55. The quantitative estimate of drug-likeness (QED) is 0.726. The number of fused-ring (bicyclic) bond motifs is 1. The first-order valence-corrected chi connectivity index (χ1v) is 4.67. The lowest BCUT2D eigenvalue weighted by atomic mass is 10.3. The fraction of sp³-hybridized carbons (Fsp3) is 0.222. The molecular weight excluding hydrogens is 168 g/mol. The Bertz CT molecular complexity index is 406. The number of hydrogen-bond donors (Lipinski definition) is 1. The SMILES string of the molecule is CNc1cccc2nc(C)sc12. The Morgan fingerprint density at radius 2 is 2.25 bits per heavy atom. The summed E-state index contributed by atoms with van der Waals surface area (Å²) in [5.74, 6) is 0. The molecule has 0 atom stereocenters. The number of rotatable bonds is 1. The van der Waals surface area contributed by atoms with E-state index >= 15 is 0 Å². The molecular formula is C9H10N2S. The zero-order chi connectivity index (χ0) is 8.55. The smallest absolute Gasteiger partial charge is 0.0908 e. The van der Waals surface area contributed by atoms with E-state index in [4.69, 9.17) is 0 Å². The second-order valence-corrected chi connectivity index (χ2v) is 3.84. The van der Waals surface area contributed by atoms with Gasteiger partial charge in [0.15, 0.2) is 0 Å². The Labute approximate surface area is 75.3 Å². The lowest BCUT2D eigenvalue weighted by molar-refractivity contribution is 1.35. The van der Waals surface area contributed by atoms with Gasteiger partial charge < -0.3 is 5.32 Å². The maximum absolute atomic E-state index is 4.40. The number of nitrogens with zero attached hydrogens (tertiary/aromatic N) is 1. The average molecular weight is 178 g/mol. The summed E-state index contributed by atoms with van der Waals surface area (Å²) in [6, 6.07) is 6.13. The van der Waals surface area contributed by atoms with Crippen LogP contribution < -0.4 is 5.32 Å². The molecule has 62 valence electrons. The first-order chi connectivity index (χ1) is 5.81. The number of anilines is 1. The summed E-state index contributed by atoms with van der Waals surface area (Å²) >= 11 is 1.73. The minimum Gasteiger partial charge on any atom is -0.387 e. The van der Waals surface area contributed by atoms with Crippen molar-refractivity contribution in [3.8, 4) is 0 Å². The molecule has 0 unspecified atom stereocenters. The molecule has 0 aliphatic heterocycles. The lowest BCUT2D eigenvalue weighted by Crippen LogP contribution is -1.86. The van der Waals surface area contributed by atoms with E-state index in [9.17, 15) is 0 Å². The molecule has 0 spiro atoms. The van der Waals surface area contributed by atoms with Gasteiger partial charge in [0.2, 0.25) is 0 Å². The predicted molar refractivity (Wildman–Crippen MR) is 53.9 cm³/mol. The molecule has 0 aliphatic carbocycles. The van der Waals surface area contributed by atoms with Gasteiger partial charge >= 0.3 is 0 Å². The van der Waals surface area contributed by atoms with Crippen molar-refractivity contribution in [1.29, 1.82) is 0 Å². The highest BCUT2D eigenvalue weighted by Crippen LogP contribution is 2.28. The number of hydrogen-bond acceptors (Lipinski definition) is 3. The summed E-state index contributed by atoms with van der Waals surface area (Å²) in [5, 5.41) is 4.27. The third-order valence-corrected chi connectivity index (χ3v) is 2.81. The highest BCUT2D eigenvalue weighted by atomic mass is 32.1. The van der Waals surface area contributed by atoms with Gasteiger partial charge in [-0.05, 0) is 19.1 Å². The predicted octanol–water partition coefficient (Wildman–Crippen LogP) is 2.65. The van der Waals surface area contributed by atoms with Gasteiger partial charge in [-0.2, -0.15) is 0 Å². The van der Waals surface area contributed by atoms with Crippen molar-refractivity contribution in [2.75, 3.05) is 12.4 Å². The van der Waals surface area contributed by atoms with Crippen LogP contribution in [0.5, 0.6) is 0 Å². The molecule has 1 N–H and O–H groups in total. The van der Waals surface area contributed by atoms with Crippen molar-refractivity contribution < 1.29 is 0 Å². The lowest BCUT2D eigenvalue weighted by Gasteiger charge is -1.98. The maximum atomic E-state index is 4.40. The van der Waals surface area contributed by atoms with Gasteiger partial charge in [0.05, 0.1) is 20.9 Å². The largest absolute Gasteiger partial charge is 0.387 e. The van der Waals surface area contributed by atoms with Crippen LogP contribution in [0.4, 0.5) is 5.69 Å². The fourth-order valence-corrected chi connectivity index (χ4v) is 2.19. The van der Waals surface area contributed by atoms with E-state index in [1.165, 1.54) is 4.70 Å². The molecule has 0 bridgehead atoms. The zero-order valence-corrected chi connectivity index (χ0v) is 7.90. The minimum atomic E-state index is 1.09. The number of aryl methyl sites for hydroxylation is 1. The topological polar surface area (TPSA) is 24.9 Å². The second kappa shape index (κ2) is 2.75. The van der Waals surface area contributed by atoms with Crippen molar-refractivity contribution >= 4 is 27.2 Å². The van der Waals surface area contributed by atoms with Gasteiger partial charge in [-0.1, -0.05) is 6.07 Å². The van der Waals surface area contributed by atoms with E-state index in [-0.39, 0.29) is 0 Å². The third kappa shape index (κ3) is 1.06. The molecule has 0 saturated heterocycles. The van der Waals surface area contributed by atoms with Crippen molar-refractivity contribution in [2.24, 2.45) is 0 Å². The molecule has 12 heavy (non-hydrogen) atoms. The number of nitrogens with one attached hydrogen (secondary N) is 1. The molecule has 0 radical (unpaired) electrons. The van der Waals surface area contributed by atoms with Crippen molar-refractivity contribution in [3.63, 3.8) is 0 Å². The number of benzene rings is 1. The van der Waals surface area contributed by atoms with E-state index in [1.54, 1.807) is 11.3 Å². The Kier molecular flexibility index (Phi) is 1.73. The molecule has 3 heteroatoms. The van der Waals surface area contributed by atoms with Crippen LogP contribution in [0.2, 0.25) is 0 Å². The molecule has 1 aromatic heterocycles. The van der Waals surface area contributed by atoms with Gasteiger partial charge in [-0.25, -0.2) is 4.98 Å². The van der Waals surface area contributed by atoms with Gasteiger partial charge in [0.1, 0.15) is 0 Å². The Balaban J connectivity index is 2.78. The fourth-order valence-electron chi connectivity index (χ4n) is 1.26. The van der Waals surface area contributed by atoms with Crippen LogP contribution in [0, 0.1) is 6.92 Å². The van der Waals surface area contributed by atoms with Crippen LogP contribution in [-0.2, 0) is 0 Å². The molecule has 1 heterocycles. The Morgan fingerprint density at radius 1 is 1.42 bits per heavy atom. The molecule has 0 amide bonds. The van der Waals surface area contributed by atoms with Crippen LogP contribution >= 0.6 is 11.3 Å². The normalized spacial score (nSPS) is 10.5. The van der Waals surface area contributed by atoms with E-state index in [0.717, 1.165) is 16.2 Å². The number of aromatic nitrogens is 1. The molecule has 2 aromatic rings.